The van der Waals surface area contributed by atoms with E-state index in [-0.39, 0.29) is 5.76 Å². The van der Waals surface area contributed by atoms with Gasteiger partial charge in [-0.25, -0.2) is 4.79 Å². The van der Waals surface area contributed by atoms with Gasteiger partial charge in [0.15, 0.2) is 5.58 Å². The second kappa shape index (κ2) is 3.92. The van der Waals surface area contributed by atoms with Crippen LogP contribution in [0.1, 0.15) is 0 Å². The van der Waals surface area contributed by atoms with Crippen LogP contribution in [0.3, 0.4) is 0 Å². The molecule has 1 fully saturated rings. The highest BCUT2D eigenvalue weighted by molar-refractivity contribution is 5.77. The minimum atomic E-state index is -0.308. The van der Waals surface area contributed by atoms with Crippen molar-refractivity contribution >= 4 is 16.8 Å². The van der Waals surface area contributed by atoms with Crippen molar-refractivity contribution in [3.63, 3.8) is 0 Å². The molecule has 1 aromatic carbocycles. The van der Waals surface area contributed by atoms with E-state index in [4.69, 9.17) is 4.42 Å². The number of aryl methyl sites for hydroxylation is 1. The fourth-order valence-electron chi connectivity index (χ4n) is 2.24. The van der Waals surface area contributed by atoms with Crippen LogP contribution in [0, 0.1) is 0 Å². The average molecular weight is 233 g/mol. The summed E-state index contributed by atoms with van der Waals surface area (Å²) < 4.78 is 6.72. The van der Waals surface area contributed by atoms with E-state index < -0.39 is 0 Å². The van der Waals surface area contributed by atoms with Gasteiger partial charge in [-0.3, -0.25) is 4.57 Å². The van der Waals surface area contributed by atoms with Gasteiger partial charge in [-0.05, 0) is 12.1 Å². The van der Waals surface area contributed by atoms with Crippen LogP contribution < -0.4 is 16.0 Å². The first-order valence-corrected chi connectivity index (χ1v) is 5.81. The van der Waals surface area contributed by atoms with Gasteiger partial charge in [0.05, 0.1) is 5.52 Å². The monoisotopic (exact) mass is 233 g/mol. The van der Waals surface area contributed by atoms with Gasteiger partial charge in [0.2, 0.25) is 0 Å². The molecule has 5 nitrogen and oxygen atoms in total. The maximum atomic E-state index is 11.4. The van der Waals surface area contributed by atoms with Gasteiger partial charge in [0.1, 0.15) is 0 Å². The van der Waals surface area contributed by atoms with E-state index >= 15 is 0 Å². The number of oxazole rings is 1. The first-order chi connectivity index (χ1) is 8.25. The molecule has 0 radical (unpaired) electrons. The maximum Gasteiger partial charge on any atom is 0.419 e. The summed E-state index contributed by atoms with van der Waals surface area (Å²) in [5, 5.41) is 3.32. The molecule has 90 valence electrons. The predicted octanol–water partition coefficient (Wildman–Crippen LogP) is 0.541. The van der Waals surface area contributed by atoms with E-state index in [9.17, 15) is 4.79 Å². The van der Waals surface area contributed by atoms with Crippen molar-refractivity contribution in [2.24, 2.45) is 7.05 Å². The Kier molecular flexibility index (Phi) is 2.40. The molecule has 0 unspecified atom stereocenters. The third-order valence-electron chi connectivity index (χ3n) is 3.26. The molecule has 0 aliphatic carbocycles. The summed E-state index contributed by atoms with van der Waals surface area (Å²) in [5.41, 5.74) is 2.62. The molecule has 0 saturated carbocycles. The Morgan fingerprint density at radius 1 is 1.29 bits per heavy atom. The van der Waals surface area contributed by atoms with Crippen molar-refractivity contribution in [2.45, 2.75) is 0 Å². The maximum absolute atomic E-state index is 11.4. The topological polar surface area (TPSA) is 50.4 Å². The summed E-state index contributed by atoms with van der Waals surface area (Å²) >= 11 is 0. The Hall–Kier alpha value is -1.75. The van der Waals surface area contributed by atoms with Gasteiger partial charge in [-0.15, -0.1) is 0 Å². The van der Waals surface area contributed by atoms with E-state index in [1.165, 1.54) is 4.57 Å². The summed E-state index contributed by atoms with van der Waals surface area (Å²) in [5.74, 6) is -0.308. The second-order valence-corrected chi connectivity index (χ2v) is 4.32. The number of fused-ring (bicyclic) bond motifs is 1. The molecule has 17 heavy (non-hydrogen) atoms. The first-order valence-electron chi connectivity index (χ1n) is 5.81. The molecule has 0 amide bonds. The molecular formula is C12H15N3O2. The van der Waals surface area contributed by atoms with Crippen LogP contribution >= 0.6 is 0 Å². The highest BCUT2D eigenvalue weighted by atomic mass is 16.4. The number of rotatable bonds is 1. The van der Waals surface area contributed by atoms with Crippen LogP contribution in [-0.4, -0.2) is 30.7 Å². The third-order valence-corrected chi connectivity index (χ3v) is 3.26. The van der Waals surface area contributed by atoms with Gasteiger partial charge >= 0.3 is 5.76 Å². The molecule has 5 heteroatoms. The summed E-state index contributed by atoms with van der Waals surface area (Å²) in [6.07, 6.45) is 0. The molecular weight excluding hydrogens is 218 g/mol. The van der Waals surface area contributed by atoms with Crippen LogP contribution in [0.2, 0.25) is 0 Å². The highest BCUT2D eigenvalue weighted by Gasteiger charge is 2.13. The summed E-state index contributed by atoms with van der Waals surface area (Å²) in [6.45, 7) is 3.97. The summed E-state index contributed by atoms with van der Waals surface area (Å²) in [4.78, 5) is 13.7. The van der Waals surface area contributed by atoms with Crippen LogP contribution in [0.5, 0.6) is 0 Å². The van der Waals surface area contributed by atoms with E-state index in [1.54, 1.807) is 7.05 Å². The van der Waals surface area contributed by atoms with Crippen LogP contribution in [0.4, 0.5) is 5.69 Å². The fourth-order valence-corrected chi connectivity index (χ4v) is 2.24. The lowest BCUT2D eigenvalue weighted by Gasteiger charge is -2.29. The number of aromatic nitrogens is 1. The number of nitrogens with one attached hydrogen (secondary N) is 1. The summed E-state index contributed by atoms with van der Waals surface area (Å²) in [7, 11) is 1.72. The predicted molar refractivity (Wildman–Crippen MR) is 66.5 cm³/mol. The number of nitrogens with zero attached hydrogens (tertiary/aromatic N) is 2. The summed E-state index contributed by atoms with van der Waals surface area (Å²) in [6, 6.07) is 5.93. The highest BCUT2D eigenvalue weighted by Crippen LogP contribution is 2.21. The standard InChI is InChI=1S/C12H15N3O2/c1-14-10-3-2-9(8-11(10)17-12(14)16)15-6-4-13-5-7-15/h2-3,8,13H,4-7H2,1H3. The third kappa shape index (κ3) is 1.72. The zero-order chi connectivity index (χ0) is 11.8. The second-order valence-electron chi connectivity index (χ2n) is 4.32. The largest absolute Gasteiger partial charge is 0.419 e. The quantitative estimate of drug-likeness (QED) is 0.781. The average Bonchev–Trinajstić information content (AvgIpc) is 2.66. The molecule has 1 aromatic heterocycles. The smallest absolute Gasteiger partial charge is 0.408 e. The number of piperazine rings is 1. The molecule has 2 heterocycles. The fraction of sp³-hybridized carbons (Fsp3) is 0.417. The van der Waals surface area contributed by atoms with Crippen LogP contribution in [-0.2, 0) is 7.05 Å². The lowest BCUT2D eigenvalue weighted by atomic mass is 10.2. The normalized spacial score (nSPS) is 16.6. The minimum absolute atomic E-state index is 0.308. The molecule has 3 rings (SSSR count). The number of hydrogen-bond donors (Lipinski definition) is 1. The Morgan fingerprint density at radius 3 is 2.82 bits per heavy atom. The zero-order valence-corrected chi connectivity index (χ0v) is 9.77. The van der Waals surface area contributed by atoms with Gasteiger partial charge in [-0.1, -0.05) is 0 Å². The van der Waals surface area contributed by atoms with Gasteiger partial charge in [-0.2, -0.15) is 0 Å². The molecule has 0 atom stereocenters. The molecule has 0 spiro atoms. The number of benzene rings is 1. The zero-order valence-electron chi connectivity index (χ0n) is 9.77. The molecule has 1 aliphatic heterocycles. The van der Waals surface area contributed by atoms with Gasteiger partial charge < -0.3 is 14.6 Å². The van der Waals surface area contributed by atoms with Gasteiger partial charge in [0.25, 0.3) is 0 Å². The lowest BCUT2D eigenvalue weighted by molar-refractivity contribution is 0.527. The van der Waals surface area contributed by atoms with Crippen molar-refractivity contribution in [3.8, 4) is 0 Å². The first kappa shape index (κ1) is 10.4. The Balaban J connectivity index is 2.04. The van der Waals surface area contributed by atoms with Crippen molar-refractivity contribution in [2.75, 3.05) is 31.1 Å². The molecule has 0 bridgehead atoms. The van der Waals surface area contributed by atoms with Crippen molar-refractivity contribution < 1.29 is 4.42 Å². The number of hydrogen-bond acceptors (Lipinski definition) is 4. The minimum Gasteiger partial charge on any atom is -0.408 e. The van der Waals surface area contributed by atoms with E-state index in [0.29, 0.717) is 5.58 Å². The van der Waals surface area contributed by atoms with Crippen LogP contribution in [0.15, 0.2) is 27.4 Å². The van der Waals surface area contributed by atoms with Crippen molar-refractivity contribution in [3.05, 3.63) is 28.7 Å². The van der Waals surface area contributed by atoms with Crippen molar-refractivity contribution in [1.29, 1.82) is 0 Å². The van der Waals surface area contributed by atoms with E-state index in [1.807, 2.05) is 18.2 Å². The van der Waals surface area contributed by atoms with Crippen molar-refractivity contribution in [1.82, 2.24) is 9.88 Å². The lowest BCUT2D eigenvalue weighted by Crippen LogP contribution is -2.43. The van der Waals surface area contributed by atoms with E-state index in [0.717, 1.165) is 37.4 Å². The Morgan fingerprint density at radius 2 is 2.06 bits per heavy atom. The molecule has 1 saturated heterocycles. The molecule has 1 N–H and O–H groups in total. The number of anilines is 1. The van der Waals surface area contributed by atoms with Gasteiger partial charge in [0, 0.05) is 45.0 Å². The SMILES string of the molecule is Cn1c(=O)oc2cc(N3CCNCC3)ccc21. The molecule has 1 aliphatic rings. The van der Waals surface area contributed by atoms with E-state index in [2.05, 4.69) is 10.2 Å². The Labute approximate surface area is 98.6 Å². The Bertz CT molecular complexity index is 593. The molecule has 2 aromatic rings. The van der Waals surface area contributed by atoms with Crippen LogP contribution in [0.25, 0.3) is 11.1 Å².